The number of carbonyl (C=O) groups excluding carboxylic acids is 1. The molecule has 1 aliphatic heterocycles. The zero-order chi connectivity index (χ0) is 15.0. The molecule has 4 nitrogen and oxygen atoms in total. The van der Waals surface area contributed by atoms with Crippen molar-refractivity contribution in [2.24, 2.45) is 0 Å². The lowest BCUT2D eigenvalue weighted by molar-refractivity contribution is -0.118. The Morgan fingerprint density at radius 1 is 1.38 bits per heavy atom. The molecule has 2 aromatic rings. The van der Waals surface area contributed by atoms with Gasteiger partial charge in [-0.1, -0.05) is 32.0 Å². The summed E-state index contributed by atoms with van der Waals surface area (Å²) in [5.74, 6) is 0.176. The van der Waals surface area contributed by atoms with Crippen molar-refractivity contribution in [2.75, 3.05) is 11.4 Å². The van der Waals surface area contributed by atoms with Gasteiger partial charge in [-0.3, -0.25) is 4.79 Å². The fraction of sp³-hybridized carbons (Fsp3) is 0.412. The Hall–Kier alpha value is -2.10. The van der Waals surface area contributed by atoms with E-state index in [1.807, 2.05) is 30.0 Å². The number of aromatic nitrogens is 2. The van der Waals surface area contributed by atoms with Crippen LogP contribution in [0.1, 0.15) is 37.2 Å². The highest BCUT2D eigenvalue weighted by molar-refractivity contribution is 5.96. The van der Waals surface area contributed by atoms with Crippen molar-refractivity contribution in [3.63, 3.8) is 0 Å². The normalized spacial score (nSPS) is 16.0. The molecule has 0 aliphatic carbocycles. The minimum absolute atomic E-state index is 0.0223. The van der Waals surface area contributed by atoms with Crippen molar-refractivity contribution in [3.8, 4) is 0 Å². The van der Waals surface area contributed by atoms with Crippen LogP contribution in [0.5, 0.6) is 0 Å². The molecule has 1 aromatic heterocycles. The number of para-hydroxylation sites is 1. The van der Waals surface area contributed by atoms with Crippen molar-refractivity contribution >= 4 is 11.6 Å². The van der Waals surface area contributed by atoms with E-state index in [1.165, 1.54) is 5.56 Å². The van der Waals surface area contributed by atoms with Crippen LogP contribution in [-0.2, 0) is 16.6 Å². The Morgan fingerprint density at radius 2 is 2.14 bits per heavy atom. The topological polar surface area (TPSA) is 49.0 Å². The molecule has 110 valence electrons. The van der Waals surface area contributed by atoms with Gasteiger partial charge in [0.1, 0.15) is 0 Å². The van der Waals surface area contributed by atoms with Crippen LogP contribution in [0.15, 0.2) is 30.6 Å². The van der Waals surface area contributed by atoms with Crippen LogP contribution >= 0.6 is 0 Å². The maximum atomic E-state index is 12.6. The van der Waals surface area contributed by atoms with Crippen molar-refractivity contribution in [2.45, 2.75) is 39.0 Å². The van der Waals surface area contributed by atoms with E-state index in [4.69, 9.17) is 0 Å². The number of nitrogens with zero attached hydrogens (tertiary/aromatic N) is 2. The van der Waals surface area contributed by atoms with Crippen LogP contribution in [0.4, 0.5) is 5.69 Å². The number of aryl methyl sites for hydroxylation is 2. The molecule has 2 heterocycles. The zero-order valence-electron chi connectivity index (χ0n) is 12.8. The molecule has 0 fully saturated rings. The van der Waals surface area contributed by atoms with Crippen molar-refractivity contribution < 1.29 is 4.79 Å². The van der Waals surface area contributed by atoms with Gasteiger partial charge < -0.3 is 9.88 Å². The molecule has 1 aliphatic rings. The Balaban J connectivity index is 1.76. The monoisotopic (exact) mass is 283 g/mol. The summed E-state index contributed by atoms with van der Waals surface area (Å²) in [4.78, 5) is 21.8. The fourth-order valence-electron chi connectivity index (χ4n) is 3.07. The van der Waals surface area contributed by atoms with Gasteiger partial charge in [-0.25, -0.2) is 4.98 Å². The molecule has 4 heteroatoms. The van der Waals surface area contributed by atoms with Gasteiger partial charge in [0.25, 0.3) is 0 Å². The van der Waals surface area contributed by atoms with Gasteiger partial charge in [0.05, 0.1) is 12.0 Å². The molecular weight excluding hydrogens is 262 g/mol. The number of fused-ring (bicyclic) bond motifs is 1. The number of anilines is 1. The van der Waals surface area contributed by atoms with Crippen molar-refractivity contribution in [1.29, 1.82) is 0 Å². The number of benzene rings is 1. The average molecular weight is 283 g/mol. The van der Waals surface area contributed by atoms with Gasteiger partial charge in [0.15, 0.2) is 0 Å². The summed E-state index contributed by atoms with van der Waals surface area (Å²) in [6.07, 6.45) is 2.87. The highest BCUT2D eigenvalue weighted by atomic mass is 16.2. The third-order valence-corrected chi connectivity index (χ3v) is 4.29. The summed E-state index contributed by atoms with van der Waals surface area (Å²) < 4.78 is 0. The van der Waals surface area contributed by atoms with Crippen LogP contribution in [0, 0.1) is 6.92 Å². The number of imidazole rings is 1. The first-order valence-corrected chi connectivity index (χ1v) is 7.38. The first-order valence-electron chi connectivity index (χ1n) is 7.38. The first-order chi connectivity index (χ1) is 9.99. The van der Waals surface area contributed by atoms with E-state index in [2.05, 4.69) is 29.9 Å². The average Bonchev–Trinajstić information content (AvgIpc) is 2.98. The van der Waals surface area contributed by atoms with E-state index in [0.717, 1.165) is 23.6 Å². The molecular formula is C17H21N3O. The first kappa shape index (κ1) is 13.9. The number of H-pyrrole nitrogens is 1. The molecule has 1 amide bonds. The summed E-state index contributed by atoms with van der Waals surface area (Å²) in [7, 11) is 0. The molecule has 0 atom stereocenters. The van der Waals surface area contributed by atoms with Gasteiger partial charge in [-0.05, 0) is 18.6 Å². The van der Waals surface area contributed by atoms with Crippen molar-refractivity contribution in [3.05, 3.63) is 47.5 Å². The van der Waals surface area contributed by atoms with Gasteiger partial charge >= 0.3 is 0 Å². The number of aromatic amines is 1. The number of amides is 1. The molecule has 0 spiro atoms. The van der Waals surface area contributed by atoms with Crippen LogP contribution in [0.2, 0.25) is 0 Å². The Kier molecular flexibility index (Phi) is 3.32. The largest absolute Gasteiger partial charge is 0.348 e. The maximum Gasteiger partial charge on any atom is 0.227 e. The summed E-state index contributed by atoms with van der Waals surface area (Å²) in [6.45, 7) is 7.12. The molecule has 0 saturated heterocycles. The number of hydrogen-bond donors (Lipinski definition) is 1. The third kappa shape index (κ3) is 2.46. The van der Waals surface area contributed by atoms with E-state index in [1.54, 1.807) is 6.33 Å². The van der Waals surface area contributed by atoms with Gasteiger partial charge in [-0.2, -0.15) is 0 Å². The number of hydrogen-bond acceptors (Lipinski definition) is 2. The molecule has 0 bridgehead atoms. The molecule has 0 unspecified atom stereocenters. The van der Waals surface area contributed by atoms with E-state index >= 15 is 0 Å². The standard InChI is InChI=1S/C17H21N3O/c1-12-14(19-11-18-12)8-9-16(21)20-10-17(2,3)13-6-4-5-7-15(13)20/h4-7,11H,8-10H2,1-3H3,(H,18,19). The van der Waals surface area contributed by atoms with Crippen LogP contribution in [0.25, 0.3) is 0 Å². The predicted octanol–water partition coefficient (Wildman–Crippen LogP) is 2.98. The zero-order valence-corrected chi connectivity index (χ0v) is 12.8. The van der Waals surface area contributed by atoms with E-state index < -0.39 is 0 Å². The lowest BCUT2D eigenvalue weighted by Crippen LogP contribution is -2.34. The minimum atomic E-state index is 0.0223. The molecule has 1 aromatic carbocycles. The van der Waals surface area contributed by atoms with Gasteiger partial charge in [-0.15, -0.1) is 0 Å². The maximum absolute atomic E-state index is 12.6. The second-order valence-electron chi connectivity index (χ2n) is 6.36. The number of rotatable bonds is 3. The summed E-state index contributed by atoms with van der Waals surface area (Å²) in [5.41, 5.74) is 4.37. The summed E-state index contributed by atoms with van der Waals surface area (Å²) >= 11 is 0. The second kappa shape index (κ2) is 5.02. The summed E-state index contributed by atoms with van der Waals surface area (Å²) in [6, 6.07) is 8.21. The van der Waals surface area contributed by atoms with Crippen LogP contribution in [-0.4, -0.2) is 22.4 Å². The van der Waals surface area contributed by atoms with Crippen LogP contribution < -0.4 is 4.90 Å². The van der Waals surface area contributed by atoms with Gasteiger partial charge in [0.2, 0.25) is 5.91 Å². The van der Waals surface area contributed by atoms with Crippen LogP contribution in [0.3, 0.4) is 0 Å². The lowest BCUT2D eigenvalue weighted by atomic mass is 9.87. The SMILES string of the molecule is Cc1[nH]cnc1CCC(=O)N1CC(C)(C)c2ccccc21. The van der Waals surface area contributed by atoms with Crippen molar-refractivity contribution in [1.82, 2.24) is 9.97 Å². The third-order valence-electron chi connectivity index (χ3n) is 4.29. The summed E-state index contributed by atoms with van der Waals surface area (Å²) in [5, 5.41) is 0. The lowest BCUT2D eigenvalue weighted by Gasteiger charge is -2.20. The quantitative estimate of drug-likeness (QED) is 0.941. The molecule has 3 rings (SSSR count). The molecule has 21 heavy (non-hydrogen) atoms. The number of nitrogens with one attached hydrogen (secondary N) is 1. The molecule has 1 N–H and O–H groups in total. The van der Waals surface area contributed by atoms with E-state index in [0.29, 0.717) is 12.8 Å². The Labute approximate surface area is 125 Å². The number of carbonyl (C=O) groups is 1. The van der Waals surface area contributed by atoms with E-state index in [-0.39, 0.29) is 11.3 Å². The predicted molar refractivity (Wildman–Crippen MR) is 83.5 cm³/mol. The van der Waals surface area contributed by atoms with E-state index in [9.17, 15) is 4.79 Å². The Morgan fingerprint density at radius 3 is 2.86 bits per heavy atom. The Bertz CT molecular complexity index is 672. The molecule has 0 radical (unpaired) electrons. The van der Waals surface area contributed by atoms with Gasteiger partial charge in [0, 0.05) is 36.2 Å². The highest BCUT2D eigenvalue weighted by Gasteiger charge is 2.37. The highest BCUT2D eigenvalue weighted by Crippen LogP contribution is 2.40. The fourth-order valence-corrected chi connectivity index (χ4v) is 3.07. The minimum Gasteiger partial charge on any atom is -0.348 e. The molecule has 0 saturated carbocycles. The second-order valence-corrected chi connectivity index (χ2v) is 6.36. The smallest absolute Gasteiger partial charge is 0.227 e.